The first-order valence-corrected chi connectivity index (χ1v) is 7.87. The highest BCUT2D eigenvalue weighted by Crippen LogP contribution is 2.15. The van der Waals surface area contributed by atoms with E-state index in [1.807, 2.05) is 41.1 Å². The number of nitrogens with zero attached hydrogens (tertiary/aromatic N) is 4. The number of fused-ring (bicyclic) bond motifs is 1. The average Bonchev–Trinajstić information content (AvgIpc) is 3.05. The normalized spacial score (nSPS) is 10.7. The zero-order valence-corrected chi connectivity index (χ0v) is 13.3. The fourth-order valence-corrected chi connectivity index (χ4v) is 2.59. The summed E-state index contributed by atoms with van der Waals surface area (Å²) in [4.78, 5) is 20.8. The van der Waals surface area contributed by atoms with Crippen molar-refractivity contribution in [3.8, 4) is 0 Å². The number of rotatable bonds is 4. The van der Waals surface area contributed by atoms with Gasteiger partial charge in [0.1, 0.15) is 5.82 Å². The lowest BCUT2D eigenvalue weighted by molar-refractivity contribution is 0.102. The summed E-state index contributed by atoms with van der Waals surface area (Å²) in [5, 5.41) is 7.96. The van der Waals surface area contributed by atoms with E-state index < -0.39 is 0 Å². The van der Waals surface area contributed by atoms with Gasteiger partial charge in [-0.05, 0) is 23.8 Å². The molecule has 0 aliphatic rings. The van der Waals surface area contributed by atoms with Crippen molar-refractivity contribution < 1.29 is 4.79 Å². The summed E-state index contributed by atoms with van der Waals surface area (Å²) >= 11 is 0. The molecule has 122 valence electrons. The molecule has 25 heavy (non-hydrogen) atoms. The minimum atomic E-state index is -0.246. The van der Waals surface area contributed by atoms with E-state index in [4.69, 9.17) is 0 Å². The Morgan fingerprint density at radius 2 is 1.84 bits per heavy atom. The largest absolute Gasteiger partial charge is 0.307 e. The number of amides is 1. The molecule has 0 saturated heterocycles. The van der Waals surface area contributed by atoms with Crippen LogP contribution in [0.5, 0.6) is 0 Å². The Balaban J connectivity index is 1.58. The number of benzene rings is 1. The van der Waals surface area contributed by atoms with E-state index >= 15 is 0 Å². The second-order valence-electron chi connectivity index (χ2n) is 5.59. The Kier molecular flexibility index (Phi) is 3.92. The van der Waals surface area contributed by atoms with Crippen LogP contribution in [0.4, 0.5) is 5.82 Å². The van der Waals surface area contributed by atoms with Gasteiger partial charge >= 0.3 is 0 Å². The van der Waals surface area contributed by atoms with Crippen LogP contribution in [-0.2, 0) is 6.54 Å². The molecule has 0 aliphatic heterocycles. The molecule has 6 nitrogen and oxygen atoms in total. The first-order chi connectivity index (χ1) is 12.3. The average molecular weight is 329 g/mol. The van der Waals surface area contributed by atoms with E-state index in [0.717, 1.165) is 16.6 Å². The molecule has 1 N–H and O–H groups in total. The molecule has 0 fully saturated rings. The zero-order chi connectivity index (χ0) is 17.1. The molecule has 3 aromatic heterocycles. The quantitative estimate of drug-likeness (QED) is 0.624. The van der Waals surface area contributed by atoms with E-state index in [1.54, 1.807) is 36.8 Å². The minimum Gasteiger partial charge on any atom is -0.307 e. The minimum absolute atomic E-state index is 0.246. The summed E-state index contributed by atoms with van der Waals surface area (Å²) in [6.45, 7) is 0.636. The molecule has 3 heterocycles. The second-order valence-corrected chi connectivity index (χ2v) is 5.59. The number of hydrogen-bond acceptors (Lipinski definition) is 4. The molecule has 0 aliphatic carbocycles. The van der Waals surface area contributed by atoms with Crippen molar-refractivity contribution in [3.63, 3.8) is 0 Å². The Morgan fingerprint density at radius 1 is 1.00 bits per heavy atom. The number of nitrogens with one attached hydrogen (secondary N) is 1. The predicted octanol–water partition coefficient (Wildman–Crippen LogP) is 3.13. The highest BCUT2D eigenvalue weighted by atomic mass is 16.1. The highest BCUT2D eigenvalue weighted by molar-refractivity contribution is 6.05. The molecule has 0 saturated carbocycles. The monoisotopic (exact) mass is 329 g/mol. The standard InChI is InChI=1S/C19H15N5O/c25-19(23-17-8-4-5-9-20-17)16-10-15-12-22-24(18(15)21-11-16)13-14-6-2-1-3-7-14/h1-12H,13H2,(H,20,23,25). The fourth-order valence-electron chi connectivity index (χ4n) is 2.59. The van der Waals surface area contributed by atoms with Crippen molar-refractivity contribution in [1.82, 2.24) is 19.7 Å². The van der Waals surface area contributed by atoms with E-state index in [2.05, 4.69) is 20.4 Å². The first-order valence-electron chi connectivity index (χ1n) is 7.87. The van der Waals surface area contributed by atoms with Crippen molar-refractivity contribution >= 4 is 22.8 Å². The maximum atomic E-state index is 12.3. The Morgan fingerprint density at radius 3 is 2.64 bits per heavy atom. The smallest absolute Gasteiger partial charge is 0.258 e. The van der Waals surface area contributed by atoms with Crippen LogP contribution in [0.15, 0.2) is 73.2 Å². The van der Waals surface area contributed by atoms with Gasteiger partial charge in [0.05, 0.1) is 18.3 Å². The van der Waals surface area contributed by atoms with Gasteiger partial charge in [-0.25, -0.2) is 14.6 Å². The topological polar surface area (TPSA) is 72.7 Å². The van der Waals surface area contributed by atoms with Crippen LogP contribution >= 0.6 is 0 Å². The summed E-state index contributed by atoms with van der Waals surface area (Å²) in [5.41, 5.74) is 2.36. The van der Waals surface area contributed by atoms with Crippen LogP contribution in [-0.4, -0.2) is 25.7 Å². The number of aromatic nitrogens is 4. The van der Waals surface area contributed by atoms with Crippen LogP contribution in [0, 0.1) is 0 Å². The third-order valence-corrected chi connectivity index (χ3v) is 3.82. The lowest BCUT2D eigenvalue weighted by Gasteiger charge is -2.05. The van der Waals surface area contributed by atoms with Crippen LogP contribution < -0.4 is 5.32 Å². The van der Waals surface area contributed by atoms with Gasteiger partial charge in [-0.2, -0.15) is 5.10 Å². The van der Waals surface area contributed by atoms with E-state index in [-0.39, 0.29) is 5.91 Å². The van der Waals surface area contributed by atoms with Gasteiger partial charge in [0.25, 0.3) is 5.91 Å². The van der Waals surface area contributed by atoms with Crippen molar-refractivity contribution in [2.45, 2.75) is 6.54 Å². The van der Waals surface area contributed by atoms with Crippen molar-refractivity contribution in [1.29, 1.82) is 0 Å². The molecule has 6 heteroatoms. The van der Waals surface area contributed by atoms with Crippen molar-refractivity contribution in [3.05, 3.63) is 84.3 Å². The van der Waals surface area contributed by atoms with Gasteiger partial charge < -0.3 is 5.32 Å². The van der Waals surface area contributed by atoms with Gasteiger partial charge in [0, 0.05) is 17.8 Å². The summed E-state index contributed by atoms with van der Waals surface area (Å²) in [6, 6.07) is 17.2. The van der Waals surface area contributed by atoms with Gasteiger partial charge in [-0.15, -0.1) is 0 Å². The number of hydrogen-bond donors (Lipinski definition) is 1. The van der Waals surface area contributed by atoms with E-state index in [0.29, 0.717) is 17.9 Å². The van der Waals surface area contributed by atoms with E-state index in [1.165, 1.54) is 0 Å². The molecular formula is C19H15N5O. The molecule has 0 unspecified atom stereocenters. The third kappa shape index (κ3) is 3.23. The number of carbonyl (C=O) groups is 1. The van der Waals surface area contributed by atoms with Crippen molar-refractivity contribution in [2.75, 3.05) is 5.32 Å². The molecule has 4 aromatic rings. The SMILES string of the molecule is O=C(Nc1ccccn1)c1cnc2c(cnn2Cc2ccccc2)c1. The Hall–Kier alpha value is -3.54. The Labute approximate surface area is 144 Å². The summed E-state index contributed by atoms with van der Waals surface area (Å²) in [5.74, 6) is 0.260. The third-order valence-electron chi connectivity index (χ3n) is 3.82. The molecular weight excluding hydrogens is 314 g/mol. The molecule has 0 bridgehead atoms. The van der Waals surface area contributed by atoms with Crippen LogP contribution in [0.3, 0.4) is 0 Å². The van der Waals surface area contributed by atoms with Gasteiger partial charge in [0.15, 0.2) is 5.65 Å². The Bertz CT molecular complexity index is 1010. The maximum Gasteiger partial charge on any atom is 0.258 e. The molecule has 0 atom stereocenters. The van der Waals surface area contributed by atoms with Gasteiger partial charge in [-0.1, -0.05) is 36.4 Å². The highest BCUT2D eigenvalue weighted by Gasteiger charge is 2.11. The summed E-state index contributed by atoms with van der Waals surface area (Å²) in [6.07, 6.45) is 4.91. The number of carbonyl (C=O) groups excluding carboxylic acids is 1. The molecule has 0 radical (unpaired) electrons. The van der Waals surface area contributed by atoms with E-state index in [9.17, 15) is 4.79 Å². The van der Waals surface area contributed by atoms with Gasteiger partial charge in [-0.3, -0.25) is 4.79 Å². The van der Waals surface area contributed by atoms with Gasteiger partial charge in [0.2, 0.25) is 0 Å². The molecule has 1 aromatic carbocycles. The second kappa shape index (κ2) is 6.52. The number of pyridine rings is 2. The number of anilines is 1. The first kappa shape index (κ1) is 15.0. The molecule has 1 amide bonds. The fraction of sp³-hybridized carbons (Fsp3) is 0.0526. The molecule has 0 spiro atoms. The lowest BCUT2D eigenvalue weighted by atomic mass is 10.2. The summed E-state index contributed by atoms with van der Waals surface area (Å²) in [7, 11) is 0. The van der Waals surface area contributed by atoms with Crippen molar-refractivity contribution in [2.24, 2.45) is 0 Å². The molecule has 4 rings (SSSR count). The zero-order valence-electron chi connectivity index (χ0n) is 13.3. The van der Waals surface area contributed by atoms with Crippen LogP contribution in [0.2, 0.25) is 0 Å². The maximum absolute atomic E-state index is 12.3. The summed E-state index contributed by atoms with van der Waals surface area (Å²) < 4.78 is 1.82. The van der Waals surface area contributed by atoms with Crippen LogP contribution in [0.25, 0.3) is 11.0 Å². The van der Waals surface area contributed by atoms with Crippen LogP contribution in [0.1, 0.15) is 15.9 Å². The lowest BCUT2D eigenvalue weighted by Crippen LogP contribution is -2.13. The predicted molar refractivity (Wildman–Crippen MR) is 95.3 cm³/mol.